The average molecular weight is 165 g/mol. The maximum atomic E-state index is 5.52. The number of nitrogens with two attached hydrogens (primary N) is 1. The topological polar surface area (TPSA) is 61.0 Å². The molecule has 0 aliphatic carbocycles. The van der Waals surface area contributed by atoms with Crippen LogP contribution in [0.2, 0.25) is 0 Å². The lowest BCUT2D eigenvalue weighted by Crippen LogP contribution is -1.95. The van der Waals surface area contributed by atoms with Crippen molar-refractivity contribution in [1.29, 1.82) is 0 Å². The van der Waals surface area contributed by atoms with Crippen LogP contribution < -0.4 is 5.73 Å². The summed E-state index contributed by atoms with van der Waals surface area (Å²) in [6.45, 7) is 2.54. The standard InChI is InChI=1S/C8H11N3O/c1-2-12-6-3-7-8(9)11-5-4-10-7/h3-6H,2H2,1H3,(H2,9,11)/b6-3+. The molecule has 0 radical (unpaired) electrons. The molecule has 2 N–H and O–H groups in total. The van der Waals surface area contributed by atoms with Gasteiger partial charge >= 0.3 is 0 Å². The highest BCUT2D eigenvalue weighted by atomic mass is 16.5. The lowest BCUT2D eigenvalue weighted by Gasteiger charge is -1.96. The molecule has 0 saturated heterocycles. The van der Waals surface area contributed by atoms with Gasteiger partial charge in [0.15, 0.2) is 0 Å². The molecule has 0 spiro atoms. The lowest BCUT2D eigenvalue weighted by molar-refractivity contribution is 0.272. The molecule has 12 heavy (non-hydrogen) atoms. The predicted octanol–water partition coefficient (Wildman–Crippen LogP) is 1.07. The number of hydrogen-bond acceptors (Lipinski definition) is 4. The summed E-state index contributed by atoms with van der Waals surface area (Å²) < 4.78 is 4.99. The molecule has 0 aliphatic rings. The van der Waals surface area contributed by atoms with Gasteiger partial charge < -0.3 is 10.5 Å². The van der Waals surface area contributed by atoms with Crippen LogP contribution in [0.5, 0.6) is 0 Å². The van der Waals surface area contributed by atoms with E-state index in [1.807, 2.05) is 6.92 Å². The Balaban J connectivity index is 2.68. The van der Waals surface area contributed by atoms with Gasteiger partial charge in [-0.25, -0.2) is 4.98 Å². The molecule has 0 fully saturated rings. The second kappa shape index (κ2) is 4.33. The second-order valence-corrected chi connectivity index (χ2v) is 2.08. The van der Waals surface area contributed by atoms with E-state index in [9.17, 15) is 0 Å². The quantitative estimate of drug-likeness (QED) is 0.680. The molecule has 4 heteroatoms. The highest BCUT2D eigenvalue weighted by molar-refractivity contribution is 5.55. The Bertz CT molecular complexity index is 273. The van der Waals surface area contributed by atoms with Gasteiger partial charge in [0.25, 0.3) is 0 Å². The van der Waals surface area contributed by atoms with Gasteiger partial charge in [0.1, 0.15) is 11.5 Å². The Morgan fingerprint density at radius 3 is 2.92 bits per heavy atom. The Hall–Kier alpha value is -1.58. The van der Waals surface area contributed by atoms with Crippen LogP contribution in [-0.2, 0) is 4.74 Å². The summed E-state index contributed by atoms with van der Waals surface area (Å²) in [6.07, 6.45) is 6.38. The van der Waals surface area contributed by atoms with E-state index in [0.717, 1.165) is 0 Å². The third-order valence-electron chi connectivity index (χ3n) is 1.25. The van der Waals surface area contributed by atoms with Crippen LogP contribution in [0.1, 0.15) is 12.6 Å². The van der Waals surface area contributed by atoms with Gasteiger partial charge in [-0.2, -0.15) is 0 Å². The van der Waals surface area contributed by atoms with Crippen LogP contribution in [-0.4, -0.2) is 16.6 Å². The molecule has 64 valence electrons. The first kappa shape index (κ1) is 8.52. The Kier molecular flexibility index (Phi) is 3.07. The van der Waals surface area contributed by atoms with Crippen molar-refractivity contribution in [2.24, 2.45) is 0 Å². The summed E-state index contributed by atoms with van der Waals surface area (Å²) in [4.78, 5) is 7.86. The molecule has 0 aromatic carbocycles. The minimum atomic E-state index is 0.411. The molecule has 0 aliphatic heterocycles. The second-order valence-electron chi connectivity index (χ2n) is 2.08. The number of aromatic nitrogens is 2. The fourth-order valence-electron chi connectivity index (χ4n) is 0.697. The van der Waals surface area contributed by atoms with Crippen LogP contribution in [0.15, 0.2) is 18.7 Å². The number of hydrogen-bond donors (Lipinski definition) is 1. The first-order valence-electron chi connectivity index (χ1n) is 3.69. The van der Waals surface area contributed by atoms with Crippen molar-refractivity contribution in [3.8, 4) is 0 Å². The molecule has 1 heterocycles. The summed E-state index contributed by atoms with van der Waals surface area (Å²) in [5.74, 6) is 0.411. The van der Waals surface area contributed by atoms with Gasteiger partial charge in [-0.05, 0) is 6.92 Å². The third kappa shape index (κ3) is 2.23. The van der Waals surface area contributed by atoms with Crippen LogP contribution in [0.4, 0.5) is 5.82 Å². The van der Waals surface area contributed by atoms with Crippen LogP contribution in [0.25, 0.3) is 6.08 Å². The van der Waals surface area contributed by atoms with Gasteiger partial charge in [-0.1, -0.05) is 0 Å². The van der Waals surface area contributed by atoms with Crippen molar-refractivity contribution in [1.82, 2.24) is 9.97 Å². The van der Waals surface area contributed by atoms with Crippen LogP contribution in [0, 0.1) is 0 Å². The minimum absolute atomic E-state index is 0.411. The Morgan fingerprint density at radius 1 is 1.50 bits per heavy atom. The van der Waals surface area contributed by atoms with Crippen molar-refractivity contribution < 1.29 is 4.74 Å². The lowest BCUT2D eigenvalue weighted by atomic mass is 10.4. The van der Waals surface area contributed by atoms with E-state index in [4.69, 9.17) is 10.5 Å². The number of nitrogens with zero attached hydrogens (tertiary/aromatic N) is 2. The van der Waals surface area contributed by atoms with E-state index in [1.165, 1.54) is 0 Å². The zero-order chi connectivity index (χ0) is 8.81. The highest BCUT2D eigenvalue weighted by Gasteiger charge is 1.93. The Labute approximate surface area is 71.1 Å². The third-order valence-corrected chi connectivity index (χ3v) is 1.25. The van der Waals surface area contributed by atoms with Gasteiger partial charge in [0.2, 0.25) is 0 Å². The first-order valence-corrected chi connectivity index (χ1v) is 3.69. The molecule has 1 aromatic rings. The van der Waals surface area contributed by atoms with Crippen molar-refractivity contribution in [3.05, 3.63) is 24.3 Å². The number of ether oxygens (including phenoxy) is 1. The molecular formula is C8H11N3O. The monoisotopic (exact) mass is 165 g/mol. The summed E-state index contributed by atoms with van der Waals surface area (Å²) in [7, 11) is 0. The van der Waals surface area contributed by atoms with Crippen molar-refractivity contribution in [3.63, 3.8) is 0 Å². The molecule has 1 rings (SSSR count). The van der Waals surface area contributed by atoms with Gasteiger partial charge in [0.05, 0.1) is 12.9 Å². The molecule has 0 atom stereocenters. The fraction of sp³-hybridized carbons (Fsp3) is 0.250. The Morgan fingerprint density at radius 2 is 2.25 bits per heavy atom. The van der Waals surface area contributed by atoms with Crippen LogP contribution >= 0.6 is 0 Å². The van der Waals surface area contributed by atoms with E-state index in [0.29, 0.717) is 18.1 Å². The number of anilines is 1. The smallest absolute Gasteiger partial charge is 0.149 e. The SMILES string of the molecule is CCO/C=C/c1nccnc1N. The van der Waals surface area contributed by atoms with Crippen molar-refractivity contribution >= 4 is 11.9 Å². The summed E-state index contributed by atoms with van der Waals surface area (Å²) in [5.41, 5.74) is 6.15. The highest BCUT2D eigenvalue weighted by Crippen LogP contribution is 2.04. The van der Waals surface area contributed by atoms with E-state index < -0.39 is 0 Å². The molecule has 0 saturated carbocycles. The zero-order valence-electron chi connectivity index (χ0n) is 6.90. The molecule has 1 aromatic heterocycles. The molecule has 4 nitrogen and oxygen atoms in total. The number of rotatable bonds is 3. The normalized spacial score (nSPS) is 10.4. The average Bonchev–Trinajstić information content (AvgIpc) is 2.09. The number of nitrogen functional groups attached to an aromatic ring is 1. The van der Waals surface area contributed by atoms with E-state index in [1.54, 1.807) is 24.7 Å². The van der Waals surface area contributed by atoms with Crippen molar-refractivity contribution in [2.45, 2.75) is 6.92 Å². The molecule has 0 unspecified atom stereocenters. The minimum Gasteiger partial charge on any atom is -0.501 e. The summed E-state index contributed by atoms with van der Waals surface area (Å²) in [6, 6.07) is 0. The van der Waals surface area contributed by atoms with Gasteiger partial charge in [0, 0.05) is 18.5 Å². The largest absolute Gasteiger partial charge is 0.501 e. The van der Waals surface area contributed by atoms with E-state index in [2.05, 4.69) is 9.97 Å². The van der Waals surface area contributed by atoms with Crippen LogP contribution in [0.3, 0.4) is 0 Å². The van der Waals surface area contributed by atoms with E-state index in [-0.39, 0.29) is 0 Å². The maximum absolute atomic E-state index is 5.52. The van der Waals surface area contributed by atoms with Gasteiger partial charge in [-0.3, -0.25) is 4.98 Å². The molecule has 0 bridgehead atoms. The zero-order valence-corrected chi connectivity index (χ0v) is 6.90. The maximum Gasteiger partial charge on any atom is 0.149 e. The summed E-state index contributed by atoms with van der Waals surface area (Å²) >= 11 is 0. The van der Waals surface area contributed by atoms with Gasteiger partial charge in [-0.15, -0.1) is 0 Å². The fourth-order valence-corrected chi connectivity index (χ4v) is 0.697. The molecular weight excluding hydrogens is 154 g/mol. The predicted molar refractivity (Wildman–Crippen MR) is 47.1 cm³/mol. The first-order chi connectivity index (χ1) is 5.84. The van der Waals surface area contributed by atoms with Crippen molar-refractivity contribution in [2.75, 3.05) is 12.3 Å². The van der Waals surface area contributed by atoms with E-state index >= 15 is 0 Å². The molecule has 0 amide bonds. The summed E-state index contributed by atoms with van der Waals surface area (Å²) in [5, 5.41) is 0.